The molecular weight excluding hydrogens is 242 g/mol. The van der Waals surface area contributed by atoms with E-state index in [0.717, 1.165) is 31.5 Å². The average molecular weight is 263 g/mol. The molecule has 19 heavy (non-hydrogen) atoms. The Morgan fingerprint density at radius 1 is 1.37 bits per heavy atom. The van der Waals surface area contributed by atoms with Gasteiger partial charge in [0.05, 0.1) is 6.10 Å². The molecule has 4 heteroatoms. The van der Waals surface area contributed by atoms with Gasteiger partial charge in [-0.3, -0.25) is 4.79 Å². The zero-order valence-electron chi connectivity index (χ0n) is 11.3. The number of hydrogen-bond acceptors (Lipinski definition) is 3. The molecule has 1 aliphatic rings. The number of likely N-dealkylation sites (tertiary alicyclic amines) is 1. The summed E-state index contributed by atoms with van der Waals surface area (Å²) in [5.74, 6) is 0.114. The highest BCUT2D eigenvalue weighted by Crippen LogP contribution is 2.16. The second kappa shape index (κ2) is 6.68. The number of aliphatic hydroxyl groups excluding tert-OH is 1. The molecule has 1 atom stereocenters. The molecule has 1 aliphatic heterocycles. The van der Waals surface area contributed by atoms with Gasteiger partial charge >= 0.3 is 0 Å². The Morgan fingerprint density at radius 3 is 2.58 bits per heavy atom. The summed E-state index contributed by atoms with van der Waals surface area (Å²) in [5.41, 5.74) is 1.07. The molecule has 4 nitrogen and oxygen atoms in total. The third-order valence-corrected chi connectivity index (χ3v) is 3.49. The largest absolute Gasteiger partial charge is 0.368 e. The molecule has 1 heterocycles. The minimum Gasteiger partial charge on any atom is -0.368 e. The summed E-state index contributed by atoms with van der Waals surface area (Å²) in [7, 11) is 0. The van der Waals surface area contributed by atoms with Crippen molar-refractivity contribution in [3.8, 4) is 0 Å². The van der Waals surface area contributed by atoms with E-state index >= 15 is 0 Å². The van der Waals surface area contributed by atoms with Crippen molar-refractivity contribution < 1.29 is 14.6 Å². The fourth-order valence-electron chi connectivity index (χ4n) is 2.39. The van der Waals surface area contributed by atoms with Crippen LogP contribution in [0.25, 0.3) is 0 Å². The summed E-state index contributed by atoms with van der Waals surface area (Å²) >= 11 is 0. The zero-order valence-corrected chi connectivity index (χ0v) is 11.3. The predicted molar refractivity (Wildman–Crippen MR) is 72.5 cm³/mol. The van der Waals surface area contributed by atoms with Crippen LogP contribution < -0.4 is 0 Å². The minimum atomic E-state index is -0.767. The van der Waals surface area contributed by atoms with Crippen LogP contribution in [0.4, 0.5) is 0 Å². The molecule has 1 N–H and O–H groups in total. The summed E-state index contributed by atoms with van der Waals surface area (Å²) in [6, 6.07) is 9.81. The number of piperidine rings is 1. The third-order valence-electron chi connectivity index (χ3n) is 3.49. The van der Waals surface area contributed by atoms with Gasteiger partial charge < -0.3 is 14.7 Å². The van der Waals surface area contributed by atoms with Crippen LogP contribution in [0.2, 0.25) is 0 Å². The lowest BCUT2D eigenvalue weighted by Gasteiger charge is -2.32. The molecule has 104 valence electrons. The van der Waals surface area contributed by atoms with E-state index in [-0.39, 0.29) is 12.0 Å². The van der Waals surface area contributed by atoms with E-state index in [0.29, 0.717) is 6.42 Å². The molecule has 0 saturated carbocycles. The van der Waals surface area contributed by atoms with Crippen LogP contribution in [0.15, 0.2) is 30.3 Å². The molecule has 1 amide bonds. The number of rotatable bonds is 4. The Bertz CT molecular complexity index is 399. The van der Waals surface area contributed by atoms with E-state index in [4.69, 9.17) is 4.74 Å². The Kier molecular flexibility index (Phi) is 4.93. The molecule has 1 saturated heterocycles. The summed E-state index contributed by atoms with van der Waals surface area (Å²) < 4.78 is 5.64. The maximum Gasteiger partial charge on any atom is 0.219 e. The zero-order chi connectivity index (χ0) is 13.7. The number of aliphatic hydroxyl groups is 1. The quantitative estimate of drug-likeness (QED) is 0.839. The van der Waals surface area contributed by atoms with E-state index in [1.807, 2.05) is 35.2 Å². The van der Waals surface area contributed by atoms with Gasteiger partial charge in [0.1, 0.15) is 0 Å². The SMILES string of the molecule is CC(=O)N1CCC(OC(O)Cc2ccccc2)CC1. The minimum absolute atomic E-state index is 0.0503. The normalized spacial score (nSPS) is 18.3. The number of benzene rings is 1. The van der Waals surface area contributed by atoms with Gasteiger partial charge in [-0.05, 0) is 18.4 Å². The molecule has 1 aromatic rings. The van der Waals surface area contributed by atoms with Crippen molar-refractivity contribution in [2.24, 2.45) is 0 Å². The maximum atomic E-state index is 11.2. The monoisotopic (exact) mass is 263 g/mol. The van der Waals surface area contributed by atoms with Gasteiger partial charge in [-0.15, -0.1) is 0 Å². The van der Waals surface area contributed by atoms with Crippen LogP contribution >= 0.6 is 0 Å². The highest BCUT2D eigenvalue weighted by Gasteiger charge is 2.23. The van der Waals surface area contributed by atoms with Crippen molar-refractivity contribution in [2.45, 2.75) is 38.6 Å². The molecule has 0 radical (unpaired) electrons. The first-order chi connectivity index (χ1) is 9.15. The lowest BCUT2D eigenvalue weighted by atomic mass is 10.1. The lowest BCUT2D eigenvalue weighted by Crippen LogP contribution is -2.41. The Morgan fingerprint density at radius 2 is 2.00 bits per heavy atom. The number of carbonyl (C=O) groups is 1. The molecule has 1 unspecified atom stereocenters. The lowest BCUT2D eigenvalue weighted by molar-refractivity contribution is -0.151. The van der Waals surface area contributed by atoms with Crippen molar-refractivity contribution >= 4 is 5.91 Å². The van der Waals surface area contributed by atoms with E-state index < -0.39 is 6.29 Å². The topological polar surface area (TPSA) is 49.8 Å². The summed E-state index contributed by atoms with van der Waals surface area (Å²) in [6.45, 7) is 3.03. The van der Waals surface area contributed by atoms with Gasteiger partial charge in [-0.2, -0.15) is 0 Å². The van der Waals surface area contributed by atoms with Crippen LogP contribution in [-0.2, 0) is 16.0 Å². The molecule has 1 aromatic carbocycles. The van der Waals surface area contributed by atoms with Crippen LogP contribution in [0.3, 0.4) is 0 Å². The predicted octanol–water partition coefficient (Wildman–Crippen LogP) is 1.57. The molecule has 0 aliphatic carbocycles. The second-order valence-electron chi connectivity index (χ2n) is 4.99. The highest BCUT2D eigenvalue weighted by atomic mass is 16.6. The molecule has 2 rings (SSSR count). The first-order valence-electron chi connectivity index (χ1n) is 6.78. The average Bonchev–Trinajstić information content (AvgIpc) is 2.40. The summed E-state index contributed by atoms with van der Waals surface area (Å²) in [4.78, 5) is 13.0. The van der Waals surface area contributed by atoms with Crippen molar-refractivity contribution in [3.63, 3.8) is 0 Å². The third kappa shape index (κ3) is 4.33. The van der Waals surface area contributed by atoms with Crippen molar-refractivity contribution in [1.29, 1.82) is 0 Å². The Labute approximate surface area is 114 Å². The fraction of sp³-hybridized carbons (Fsp3) is 0.533. The Hall–Kier alpha value is -1.39. The number of carbonyl (C=O) groups excluding carboxylic acids is 1. The molecule has 0 spiro atoms. The van der Waals surface area contributed by atoms with Crippen molar-refractivity contribution in [2.75, 3.05) is 13.1 Å². The fourth-order valence-corrected chi connectivity index (χ4v) is 2.39. The van der Waals surface area contributed by atoms with E-state index in [1.54, 1.807) is 6.92 Å². The van der Waals surface area contributed by atoms with Gasteiger partial charge in [0, 0.05) is 26.4 Å². The second-order valence-corrected chi connectivity index (χ2v) is 4.99. The van der Waals surface area contributed by atoms with Crippen LogP contribution in [0, 0.1) is 0 Å². The van der Waals surface area contributed by atoms with Gasteiger partial charge in [-0.25, -0.2) is 0 Å². The standard InChI is InChI=1S/C15H21NO3/c1-12(17)16-9-7-14(8-10-16)19-15(18)11-13-5-3-2-4-6-13/h2-6,14-15,18H,7-11H2,1H3. The summed E-state index contributed by atoms with van der Waals surface area (Å²) in [6.07, 6.45) is 1.38. The smallest absolute Gasteiger partial charge is 0.219 e. The number of hydrogen-bond donors (Lipinski definition) is 1. The first kappa shape index (κ1) is 14.0. The highest BCUT2D eigenvalue weighted by molar-refractivity contribution is 5.73. The van der Waals surface area contributed by atoms with Crippen molar-refractivity contribution in [3.05, 3.63) is 35.9 Å². The maximum absolute atomic E-state index is 11.2. The van der Waals surface area contributed by atoms with E-state index in [1.165, 1.54) is 0 Å². The summed E-state index contributed by atoms with van der Waals surface area (Å²) in [5, 5.41) is 9.93. The number of ether oxygens (including phenoxy) is 1. The van der Waals surface area contributed by atoms with Crippen LogP contribution in [0.5, 0.6) is 0 Å². The molecular formula is C15H21NO3. The number of amides is 1. The van der Waals surface area contributed by atoms with Gasteiger partial charge in [0.25, 0.3) is 0 Å². The molecule has 1 fully saturated rings. The molecule has 0 bridgehead atoms. The van der Waals surface area contributed by atoms with Gasteiger partial charge in [0.15, 0.2) is 6.29 Å². The van der Waals surface area contributed by atoms with E-state index in [9.17, 15) is 9.90 Å². The van der Waals surface area contributed by atoms with Crippen LogP contribution in [-0.4, -0.2) is 41.4 Å². The number of nitrogens with zero attached hydrogens (tertiary/aromatic N) is 1. The molecule has 0 aromatic heterocycles. The van der Waals surface area contributed by atoms with Crippen LogP contribution in [0.1, 0.15) is 25.3 Å². The first-order valence-corrected chi connectivity index (χ1v) is 6.78. The van der Waals surface area contributed by atoms with E-state index in [2.05, 4.69) is 0 Å². The van der Waals surface area contributed by atoms with Gasteiger partial charge in [-0.1, -0.05) is 30.3 Å². The van der Waals surface area contributed by atoms with Crippen molar-refractivity contribution in [1.82, 2.24) is 4.90 Å². The Balaban J connectivity index is 1.75. The van der Waals surface area contributed by atoms with Gasteiger partial charge in [0.2, 0.25) is 5.91 Å².